The number of unbranched alkanes of at least 4 members (excludes halogenated alkanes) is 1. The summed E-state index contributed by atoms with van der Waals surface area (Å²) < 4.78 is 11.1. The van der Waals surface area contributed by atoms with E-state index in [1.54, 1.807) is 24.5 Å². The topological polar surface area (TPSA) is 135 Å². The van der Waals surface area contributed by atoms with E-state index in [1.165, 1.54) is 0 Å². The lowest BCUT2D eigenvalue weighted by Crippen LogP contribution is -2.27. The molecule has 11 nitrogen and oxygen atoms in total. The average molecular weight is 509 g/mol. The van der Waals surface area contributed by atoms with E-state index in [2.05, 4.69) is 48.1 Å². The Hall–Kier alpha value is -3.83. The molecule has 0 unspecified atom stereocenters. The van der Waals surface area contributed by atoms with Gasteiger partial charge >= 0.3 is 0 Å². The summed E-state index contributed by atoms with van der Waals surface area (Å²) in [5.41, 5.74) is 1.72. The normalized spacial score (nSPS) is 10.6. The first kappa shape index (κ1) is 27.8. The molecule has 3 aromatic rings. The molecule has 0 fully saturated rings. The Morgan fingerprint density at radius 1 is 0.757 bits per heavy atom. The van der Waals surface area contributed by atoms with Gasteiger partial charge in [0.25, 0.3) is 5.91 Å². The van der Waals surface area contributed by atoms with E-state index in [4.69, 9.17) is 9.47 Å². The van der Waals surface area contributed by atoms with E-state index in [0.717, 1.165) is 24.9 Å². The fourth-order valence-corrected chi connectivity index (χ4v) is 3.16. The van der Waals surface area contributed by atoms with E-state index in [0.29, 0.717) is 69.5 Å². The van der Waals surface area contributed by atoms with Crippen LogP contribution in [0.15, 0.2) is 54.9 Å². The van der Waals surface area contributed by atoms with Crippen LogP contribution < -0.4 is 21.3 Å². The summed E-state index contributed by atoms with van der Waals surface area (Å²) in [6.07, 6.45) is 5.62. The molecule has 4 N–H and O–H groups in total. The number of anilines is 3. The van der Waals surface area contributed by atoms with E-state index < -0.39 is 0 Å². The third kappa shape index (κ3) is 11.2. The molecule has 0 radical (unpaired) electrons. The molecule has 0 spiro atoms. The van der Waals surface area contributed by atoms with Gasteiger partial charge in [-0.05, 0) is 36.2 Å². The van der Waals surface area contributed by atoms with Crippen LogP contribution in [0.1, 0.15) is 35.7 Å². The van der Waals surface area contributed by atoms with Gasteiger partial charge in [-0.15, -0.1) is 0 Å². The molecule has 2 aromatic heterocycles. The van der Waals surface area contributed by atoms with E-state index in [1.807, 2.05) is 30.3 Å². The molecule has 1 aromatic carbocycles. The van der Waals surface area contributed by atoms with E-state index in [-0.39, 0.29) is 5.91 Å². The predicted octanol–water partition coefficient (Wildman–Crippen LogP) is 2.97. The zero-order chi connectivity index (χ0) is 26.0. The number of ether oxygens (including phenoxy) is 2. The molecule has 11 heteroatoms. The van der Waals surface area contributed by atoms with Crippen molar-refractivity contribution in [1.82, 2.24) is 25.3 Å². The molecule has 0 aliphatic carbocycles. The maximum absolute atomic E-state index is 12.0. The highest BCUT2D eigenvalue weighted by Gasteiger charge is 2.07. The van der Waals surface area contributed by atoms with Gasteiger partial charge in [0.2, 0.25) is 17.8 Å². The van der Waals surface area contributed by atoms with Gasteiger partial charge in [-0.2, -0.15) is 15.0 Å². The number of hydrogen-bond donors (Lipinski definition) is 4. The first-order valence-corrected chi connectivity index (χ1v) is 12.6. The quantitative estimate of drug-likeness (QED) is 0.190. The zero-order valence-corrected chi connectivity index (χ0v) is 21.3. The van der Waals surface area contributed by atoms with Crippen molar-refractivity contribution in [3.05, 3.63) is 66.0 Å². The van der Waals surface area contributed by atoms with Crippen LogP contribution in [0, 0.1) is 0 Å². The highest BCUT2D eigenvalue weighted by molar-refractivity contribution is 5.94. The summed E-state index contributed by atoms with van der Waals surface area (Å²) in [7, 11) is 0. The second-order valence-corrected chi connectivity index (χ2v) is 8.07. The number of hydrogen-bond acceptors (Lipinski definition) is 10. The number of carbonyl (C=O) groups is 1. The maximum atomic E-state index is 12.0. The van der Waals surface area contributed by atoms with Gasteiger partial charge < -0.3 is 30.7 Å². The molecular formula is C26H36N8O3. The van der Waals surface area contributed by atoms with Crippen LogP contribution in [0.2, 0.25) is 0 Å². The summed E-state index contributed by atoms with van der Waals surface area (Å²) in [6.45, 7) is 6.29. The van der Waals surface area contributed by atoms with Gasteiger partial charge in [0, 0.05) is 44.1 Å². The number of aromatic nitrogens is 4. The molecule has 0 saturated carbocycles. The van der Waals surface area contributed by atoms with Crippen LogP contribution in [0.4, 0.5) is 17.8 Å². The third-order valence-corrected chi connectivity index (χ3v) is 5.12. The van der Waals surface area contributed by atoms with Crippen molar-refractivity contribution in [2.24, 2.45) is 0 Å². The highest BCUT2D eigenvalue weighted by atomic mass is 16.5. The van der Waals surface area contributed by atoms with Crippen LogP contribution in [0.25, 0.3) is 0 Å². The number of rotatable bonds is 18. The van der Waals surface area contributed by atoms with Crippen molar-refractivity contribution >= 4 is 23.8 Å². The first-order chi connectivity index (χ1) is 18.2. The lowest BCUT2D eigenvalue weighted by molar-refractivity contribution is 0.0519. The second kappa shape index (κ2) is 16.8. The van der Waals surface area contributed by atoms with Crippen molar-refractivity contribution in [2.45, 2.75) is 26.3 Å². The Kier molecular flexibility index (Phi) is 12.6. The van der Waals surface area contributed by atoms with Gasteiger partial charge in [-0.3, -0.25) is 9.78 Å². The minimum atomic E-state index is -0.107. The molecule has 0 aliphatic heterocycles. The predicted molar refractivity (Wildman–Crippen MR) is 144 cm³/mol. The largest absolute Gasteiger partial charge is 0.377 e. The smallest absolute Gasteiger partial charge is 0.251 e. The zero-order valence-electron chi connectivity index (χ0n) is 21.3. The summed E-state index contributed by atoms with van der Waals surface area (Å²) >= 11 is 0. The minimum absolute atomic E-state index is 0.107. The number of nitrogens with zero attached hydrogens (tertiary/aromatic N) is 4. The van der Waals surface area contributed by atoms with Crippen LogP contribution in [0.5, 0.6) is 0 Å². The third-order valence-electron chi connectivity index (χ3n) is 5.12. The molecule has 3 rings (SSSR count). The van der Waals surface area contributed by atoms with E-state index >= 15 is 0 Å². The van der Waals surface area contributed by atoms with Gasteiger partial charge in [0.1, 0.15) is 0 Å². The Bertz CT molecular complexity index is 1040. The molecule has 198 valence electrons. The molecule has 0 bridgehead atoms. The highest BCUT2D eigenvalue weighted by Crippen LogP contribution is 2.11. The Balaban J connectivity index is 1.32. The number of pyridine rings is 1. The van der Waals surface area contributed by atoms with Gasteiger partial charge in [0.05, 0.1) is 26.4 Å². The standard InChI is InChI=1S/C26H36N8O3/c1-2-3-11-29-24-32-25(34-26(33-24)31-20-21-9-12-27-13-10-21)30-15-17-37-19-18-36-16-14-28-23(35)22-7-5-4-6-8-22/h4-10,12-13H,2-3,11,14-20H2,1H3,(H,28,35)(H3,29,30,31,32,33,34). The number of benzene rings is 1. The van der Waals surface area contributed by atoms with Gasteiger partial charge in [0.15, 0.2) is 0 Å². The van der Waals surface area contributed by atoms with Crippen molar-refractivity contribution in [1.29, 1.82) is 0 Å². The first-order valence-electron chi connectivity index (χ1n) is 12.6. The lowest BCUT2D eigenvalue weighted by Gasteiger charge is -2.11. The molecule has 1 amide bonds. The van der Waals surface area contributed by atoms with Crippen molar-refractivity contribution in [3.63, 3.8) is 0 Å². The molecule has 0 atom stereocenters. The molecule has 0 saturated heterocycles. The average Bonchev–Trinajstić information content (AvgIpc) is 2.94. The molecule has 37 heavy (non-hydrogen) atoms. The summed E-state index contributed by atoms with van der Waals surface area (Å²) in [6, 6.07) is 13.0. The van der Waals surface area contributed by atoms with Crippen LogP contribution in [-0.4, -0.2) is 71.9 Å². The Labute approximate surface area is 217 Å². The summed E-state index contributed by atoms with van der Waals surface area (Å²) in [5, 5.41) is 12.5. The molecular weight excluding hydrogens is 472 g/mol. The summed E-state index contributed by atoms with van der Waals surface area (Å²) in [4.78, 5) is 29.4. The SMILES string of the molecule is CCCCNc1nc(NCCOCCOCCNC(=O)c2ccccc2)nc(NCc2ccncc2)n1. The van der Waals surface area contributed by atoms with Crippen molar-refractivity contribution < 1.29 is 14.3 Å². The fourth-order valence-electron chi connectivity index (χ4n) is 3.16. The second-order valence-electron chi connectivity index (χ2n) is 8.07. The minimum Gasteiger partial charge on any atom is -0.377 e. The molecule has 0 aliphatic rings. The monoisotopic (exact) mass is 508 g/mol. The van der Waals surface area contributed by atoms with Crippen molar-refractivity contribution in [2.75, 3.05) is 62.0 Å². The van der Waals surface area contributed by atoms with Crippen LogP contribution in [0.3, 0.4) is 0 Å². The van der Waals surface area contributed by atoms with Crippen LogP contribution in [-0.2, 0) is 16.0 Å². The Morgan fingerprint density at radius 2 is 1.38 bits per heavy atom. The Morgan fingerprint density at radius 3 is 2.05 bits per heavy atom. The van der Waals surface area contributed by atoms with Crippen LogP contribution >= 0.6 is 0 Å². The lowest BCUT2D eigenvalue weighted by atomic mass is 10.2. The summed E-state index contributed by atoms with van der Waals surface area (Å²) in [5.74, 6) is 1.38. The van der Waals surface area contributed by atoms with E-state index in [9.17, 15) is 4.79 Å². The number of carbonyl (C=O) groups excluding carboxylic acids is 1. The number of amides is 1. The number of nitrogens with one attached hydrogen (secondary N) is 4. The van der Waals surface area contributed by atoms with Gasteiger partial charge in [-0.1, -0.05) is 31.5 Å². The fraction of sp³-hybridized carbons (Fsp3) is 0.423. The molecule has 2 heterocycles. The van der Waals surface area contributed by atoms with Gasteiger partial charge in [-0.25, -0.2) is 0 Å². The maximum Gasteiger partial charge on any atom is 0.251 e. The van der Waals surface area contributed by atoms with Crippen molar-refractivity contribution in [3.8, 4) is 0 Å².